The van der Waals surface area contributed by atoms with E-state index in [0.29, 0.717) is 17.2 Å². The van der Waals surface area contributed by atoms with Gasteiger partial charge in [0.2, 0.25) is 11.8 Å². The Kier molecular flexibility index (Phi) is 4.95. The fourth-order valence-corrected chi connectivity index (χ4v) is 3.48. The first-order chi connectivity index (χ1) is 14.1. The molecule has 1 aliphatic rings. The average molecular weight is 391 g/mol. The molecule has 29 heavy (non-hydrogen) atoms. The monoisotopic (exact) mass is 391 g/mol. The number of amides is 2. The first-order valence-corrected chi connectivity index (χ1v) is 9.20. The van der Waals surface area contributed by atoms with Gasteiger partial charge in [-0.05, 0) is 29.7 Å². The van der Waals surface area contributed by atoms with Crippen LogP contribution in [0.25, 0.3) is 10.8 Å². The average Bonchev–Trinajstić information content (AvgIpc) is 2.86. The summed E-state index contributed by atoms with van der Waals surface area (Å²) in [6, 6.07) is 16.0. The third kappa shape index (κ3) is 3.67. The highest BCUT2D eigenvalue weighted by Crippen LogP contribution is 2.34. The van der Waals surface area contributed by atoms with E-state index in [1.807, 2.05) is 36.4 Å². The molecule has 0 radical (unpaired) electrons. The van der Waals surface area contributed by atoms with E-state index in [0.717, 1.165) is 22.1 Å². The van der Waals surface area contributed by atoms with Gasteiger partial charge in [-0.3, -0.25) is 9.59 Å². The maximum absolute atomic E-state index is 12.7. The zero-order valence-corrected chi connectivity index (χ0v) is 16.1. The molecular formula is C22H21N3O4. The van der Waals surface area contributed by atoms with Crippen molar-refractivity contribution in [1.29, 1.82) is 0 Å². The summed E-state index contributed by atoms with van der Waals surface area (Å²) in [4.78, 5) is 25.4. The van der Waals surface area contributed by atoms with Crippen molar-refractivity contribution in [3.05, 3.63) is 54.6 Å². The molecule has 7 heteroatoms. The van der Waals surface area contributed by atoms with Gasteiger partial charge in [0, 0.05) is 17.1 Å². The molecule has 3 N–H and O–H groups in total. The zero-order valence-electron chi connectivity index (χ0n) is 16.1. The summed E-state index contributed by atoms with van der Waals surface area (Å²) in [5, 5.41) is 10.9. The Balaban J connectivity index is 1.56. The third-order valence-electron chi connectivity index (χ3n) is 4.88. The van der Waals surface area contributed by atoms with E-state index < -0.39 is 6.04 Å². The SMILES string of the molecule is COc1ccc(OC)c(NC(=O)CC2Nc3cccc4cccc(c34)NC2=O)c1. The summed E-state index contributed by atoms with van der Waals surface area (Å²) in [6.07, 6.45) is -0.0451. The van der Waals surface area contributed by atoms with E-state index in [2.05, 4.69) is 16.0 Å². The number of hydrogen-bond acceptors (Lipinski definition) is 5. The Bertz CT molecular complexity index is 1090. The first kappa shape index (κ1) is 18.6. The molecule has 4 rings (SSSR count). The van der Waals surface area contributed by atoms with Crippen molar-refractivity contribution in [2.45, 2.75) is 12.5 Å². The minimum atomic E-state index is -0.718. The fourth-order valence-electron chi connectivity index (χ4n) is 3.48. The van der Waals surface area contributed by atoms with Crippen LogP contribution < -0.4 is 25.4 Å². The Morgan fingerprint density at radius 3 is 2.52 bits per heavy atom. The van der Waals surface area contributed by atoms with Crippen LogP contribution in [0.15, 0.2) is 54.6 Å². The fraction of sp³-hybridized carbons (Fsp3) is 0.182. The van der Waals surface area contributed by atoms with Crippen LogP contribution in [0, 0.1) is 0 Å². The lowest BCUT2D eigenvalue weighted by atomic mass is 10.1. The minimum Gasteiger partial charge on any atom is -0.497 e. The molecule has 3 aromatic rings. The Hall–Kier alpha value is -3.74. The molecule has 0 bridgehead atoms. The van der Waals surface area contributed by atoms with Gasteiger partial charge >= 0.3 is 0 Å². The summed E-state index contributed by atoms with van der Waals surface area (Å²) in [5.41, 5.74) is 2.03. The number of rotatable bonds is 5. The first-order valence-electron chi connectivity index (χ1n) is 9.20. The highest BCUT2D eigenvalue weighted by molar-refractivity contribution is 6.13. The summed E-state index contributed by atoms with van der Waals surface area (Å²) in [6.45, 7) is 0. The second kappa shape index (κ2) is 7.71. The highest BCUT2D eigenvalue weighted by Gasteiger charge is 2.27. The molecule has 0 saturated heterocycles. The molecule has 3 aromatic carbocycles. The lowest BCUT2D eigenvalue weighted by Gasteiger charge is -2.17. The summed E-state index contributed by atoms with van der Waals surface area (Å²) in [7, 11) is 3.07. The van der Waals surface area contributed by atoms with Crippen LogP contribution in [0.5, 0.6) is 11.5 Å². The molecular weight excluding hydrogens is 370 g/mol. The van der Waals surface area contributed by atoms with Gasteiger partial charge in [-0.1, -0.05) is 24.3 Å². The Labute approximate surface area is 168 Å². The molecule has 1 aliphatic heterocycles. The van der Waals surface area contributed by atoms with Crippen molar-refractivity contribution in [1.82, 2.24) is 0 Å². The lowest BCUT2D eigenvalue weighted by Crippen LogP contribution is -2.36. The molecule has 0 saturated carbocycles. The smallest absolute Gasteiger partial charge is 0.247 e. The number of carbonyl (C=O) groups is 2. The number of hydrogen-bond donors (Lipinski definition) is 3. The van der Waals surface area contributed by atoms with E-state index in [1.54, 1.807) is 25.3 Å². The molecule has 1 atom stereocenters. The second-order valence-corrected chi connectivity index (χ2v) is 6.71. The van der Waals surface area contributed by atoms with Crippen LogP contribution >= 0.6 is 0 Å². The van der Waals surface area contributed by atoms with E-state index >= 15 is 0 Å². The van der Waals surface area contributed by atoms with Gasteiger partial charge in [-0.25, -0.2) is 0 Å². The summed E-state index contributed by atoms with van der Waals surface area (Å²) >= 11 is 0. The molecule has 1 unspecified atom stereocenters. The van der Waals surface area contributed by atoms with Gasteiger partial charge in [0.05, 0.1) is 32.0 Å². The van der Waals surface area contributed by atoms with Crippen molar-refractivity contribution < 1.29 is 19.1 Å². The van der Waals surface area contributed by atoms with Gasteiger partial charge in [-0.2, -0.15) is 0 Å². The van der Waals surface area contributed by atoms with Crippen LogP contribution in [0.2, 0.25) is 0 Å². The molecule has 148 valence electrons. The maximum Gasteiger partial charge on any atom is 0.247 e. The predicted octanol–water partition coefficient (Wildman–Crippen LogP) is 3.62. The standard InChI is InChI=1S/C22H21N3O4/c1-28-14-9-10-19(29-2)17(11-14)24-20(26)12-18-22(27)25-16-8-4-6-13-5-3-7-15(23-18)21(13)16/h3-11,18,23H,12H2,1-2H3,(H,24,26)(H,25,27). The molecule has 0 fully saturated rings. The number of carbonyl (C=O) groups excluding carboxylic acids is 2. The third-order valence-corrected chi connectivity index (χ3v) is 4.88. The number of methoxy groups -OCH3 is 2. The van der Waals surface area contributed by atoms with Crippen molar-refractivity contribution >= 4 is 39.6 Å². The Morgan fingerprint density at radius 1 is 1.03 bits per heavy atom. The van der Waals surface area contributed by atoms with Gasteiger partial charge < -0.3 is 25.4 Å². The molecule has 7 nitrogen and oxygen atoms in total. The predicted molar refractivity (Wildman–Crippen MR) is 113 cm³/mol. The van der Waals surface area contributed by atoms with Crippen LogP contribution in [0.4, 0.5) is 17.1 Å². The van der Waals surface area contributed by atoms with E-state index in [1.165, 1.54) is 7.11 Å². The summed E-state index contributed by atoms with van der Waals surface area (Å²) in [5.74, 6) is 0.520. The van der Waals surface area contributed by atoms with Gasteiger partial charge in [-0.15, -0.1) is 0 Å². The lowest BCUT2D eigenvalue weighted by molar-refractivity contribution is -0.121. The summed E-state index contributed by atoms with van der Waals surface area (Å²) < 4.78 is 10.5. The van der Waals surface area contributed by atoms with E-state index in [4.69, 9.17) is 9.47 Å². The minimum absolute atomic E-state index is 0.0451. The second-order valence-electron chi connectivity index (χ2n) is 6.71. The van der Waals surface area contributed by atoms with Crippen molar-refractivity contribution in [2.75, 3.05) is 30.2 Å². The molecule has 0 aromatic heterocycles. The number of nitrogens with one attached hydrogen (secondary N) is 3. The number of benzene rings is 3. The van der Waals surface area contributed by atoms with Gasteiger partial charge in [0.1, 0.15) is 17.5 Å². The topological polar surface area (TPSA) is 88.7 Å². The van der Waals surface area contributed by atoms with Gasteiger partial charge in [0.25, 0.3) is 0 Å². The van der Waals surface area contributed by atoms with Crippen molar-refractivity contribution in [3.8, 4) is 11.5 Å². The Morgan fingerprint density at radius 2 is 1.79 bits per heavy atom. The van der Waals surface area contributed by atoms with Crippen LogP contribution in [0.1, 0.15) is 6.42 Å². The zero-order chi connectivity index (χ0) is 20.4. The molecule has 0 spiro atoms. The van der Waals surface area contributed by atoms with Crippen LogP contribution in [-0.2, 0) is 9.59 Å². The van der Waals surface area contributed by atoms with Crippen molar-refractivity contribution in [2.24, 2.45) is 0 Å². The largest absolute Gasteiger partial charge is 0.497 e. The van der Waals surface area contributed by atoms with Crippen LogP contribution in [0.3, 0.4) is 0 Å². The number of ether oxygens (including phenoxy) is 2. The van der Waals surface area contributed by atoms with Crippen LogP contribution in [-0.4, -0.2) is 32.1 Å². The molecule has 0 aliphatic carbocycles. The number of anilines is 3. The quantitative estimate of drug-likeness (QED) is 0.618. The molecule has 1 heterocycles. The maximum atomic E-state index is 12.7. The van der Waals surface area contributed by atoms with E-state index in [9.17, 15) is 9.59 Å². The molecule has 2 amide bonds. The highest BCUT2D eigenvalue weighted by atomic mass is 16.5. The van der Waals surface area contributed by atoms with Gasteiger partial charge in [0.15, 0.2) is 0 Å². The normalized spacial score (nSPS) is 15.1. The van der Waals surface area contributed by atoms with E-state index in [-0.39, 0.29) is 18.2 Å². The van der Waals surface area contributed by atoms with Crippen molar-refractivity contribution in [3.63, 3.8) is 0 Å².